The van der Waals surface area contributed by atoms with Gasteiger partial charge in [0.25, 0.3) is 0 Å². The van der Waals surface area contributed by atoms with E-state index in [2.05, 4.69) is 13.8 Å². The molecule has 202 valence electrons. The summed E-state index contributed by atoms with van der Waals surface area (Å²) in [4.78, 5) is 23.3. The lowest BCUT2D eigenvalue weighted by molar-refractivity contribution is -0.137. The van der Waals surface area contributed by atoms with Crippen LogP contribution < -0.4 is 0 Å². The summed E-state index contributed by atoms with van der Waals surface area (Å²) in [5.74, 6) is -1.62. The average Bonchev–Trinajstić information content (AvgIpc) is 2.81. The van der Waals surface area contributed by atoms with Crippen LogP contribution in [0.15, 0.2) is 0 Å². The van der Waals surface area contributed by atoms with Crippen LogP contribution in [0.5, 0.6) is 0 Å². The van der Waals surface area contributed by atoms with Gasteiger partial charge >= 0.3 is 11.9 Å². The topological polar surface area (TPSA) is 74.6 Å². The average molecular weight is 519 g/mol. The molecular formula is C28H54O4S2. The van der Waals surface area contributed by atoms with E-state index in [0.29, 0.717) is 12.8 Å². The highest BCUT2D eigenvalue weighted by atomic mass is 33.1. The van der Waals surface area contributed by atoms with E-state index in [4.69, 9.17) is 0 Å². The quantitative estimate of drug-likeness (QED) is 0.0832. The van der Waals surface area contributed by atoms with Crippen LogP contribution in [-0.2, 0) is 9.59 Å². The molecule has 0 fully saturated rings. The van der Waals surface area contributed by atoms with Crippen molar-refractivity contribution < 1.29 is 19.8 Å². The van der Waals surface area contributed by atoms with Crippen LogP contribution in [0.2, 0.25) is 0 Å². The molecule has 0 aromatic carbocycles. The monoisotopic (exact) mass is 518 g/mol. The minimum atomic E-state index is -0.809. The van der Waals surface area contributed by atoms with Crippen molar-refractivity contribution in [3.8, 4) is 0 Å². The fraction of sp³-hybridized carbons (Fsp3) is 0.929. The largest absolute Gasteiger partial charge is 0.480 e. The van der Waals surface area contributed by atoms with Gasteiger partial charge < -0.3 is 10.2 Å². The number of aliphatic carboxylic acids is 2. The molecule has 0 aliphatic rings. The molecule has 0 aromatic rings. The highest BCUT2D eigenvalue weighted by molar-refractivity contribution is 8.77. The Morgan fingerprint density at radius 2 is 0.706 bits per heavy atom. The van der Waals surface area contributed by atoms with Gasteiger partial charge in [0.2, 0.25) is 0 Å². The van der Waals surface area contributed by atoms with Crippen molar-refractivity contribution in [2.75, 3.05) is 0 Å². The van der Waals surface area contributed by atoms with Gasteiger partial charge in [0, 0.05) is 0 Å². The molecule has 0 aromatic heterocycles. The lowest BCUT2D eigenvalue weighted by Crippen LogP contribution is -2.19. The molecule has 4 nitrogen and oxygen atoms in total. The smallest absolute Gasteiger partial charge is 0.317 e. The highest BCUT2D eigenvalue weighted by Crippen LogP contribution is 2.36. The molecule has 2 N–H and O–H groups in total. The molecule has 0 bridgehead atoms. The fourth-order valence-corrected chi connectivity index (χ4v) is 7.03. The van der Waals surface area contributed by atoms with E-state index in [0.717, 1.165) is 25.7 Å². The Morgan fingerprint density at radius 1 is 0.471 bits per heavy atom. The van der Waals surface area contributed by atoms with Crippen molar-refractivity contribution in [2.24, 2.45) is 0 Å². The molecule has 0 heterocycles. The second-order valence-electron chi connectivity index (χ2n) is 9.79. The molecule has 34 heavy (non-hydrogen) atoms. The van der Waals surface area contributed by atoms with Crippen LogP contribution in [0, 0.1) is 0 Å². The van der Waals surface area contributed by atoms with Gasteiger partial charge in [-0.15, -0.1) is 0 Å². The molecule has 0 radical (unpaired) electrons. The minimum Gasteiger partial charge on any atom is -0.480 e. The van der Waals surface area contributed by atoms with E-state index >= 15 is 0 Å². The zero-order valence-corrected chi connectivity index (χ0v) is 23.9. The third-order valence-electron chi connectivity index (χ3n) is 6.48. The molecule has 2 atom stereocenters. The number of hydrogen-bond acceptors (Lipinski definition) is 4. The molecule has 0 saturated carbocycles. The van der Waals surface area contributed by atoms with E-state index in [9.17, 15) is 19.8 Å². The number of carbonyl (C=O) groups is 2. The second kappa shape index (κ2) is 25.7. The third kappa shape index (κ3) is 22.1. The van der Waals surface area contributed by atoms with Gasteiger partial charge in [-0.25, -0.2) is 0 Å². The SMILES string of the molecule is CCCCCCCCCCCCC(SSC(CCCCCCCCCCCC)C(=O)O)C(=O)O. The molecule has 0 saturated heterocycles. The number of unbranched alkanes of at least 4 members (excludes halogenated alkanes) is 18. The van der Waals surface area contributed by atoms with Gasteiger partial charge in [-0.1, -0.05) is 164 Å². The maximum Gasteiger partial charge on any atom is 0.317 e. The van der Waals surface area contributed by atoms with Crippen molar-refractivity contribution in [1.82, 2.24) is 0 Å². The minimum absolute atomic E-state index is 0.506. The molecule has 6 heteroatoms. The van der Waals surface area contributed by atoms with Crippen molar-refractivity contribution in [1.29, 1.82) is 0 Å². The first-order valence-electron chi connectivity index (χ1n) is 14.3. The number of hydrogen-bond donors (Lipinski definition) is 2. The lowest BCUT2D eigenvalue weighted by atomic mass is 10.1. The summed E-state index contributed by atoms with van der Waals surface area (Å²) >= 11 is 0. The van der Waals surface area contributed by atoms with Crippen molar-refractivity contribution >= 4 is 33.5 Å². The van der Waals surface area contributed by atoms with Crippen LogP contribution >= 0.6 is 21.6 Å². The lowest BCUT2D eigenvalue weighted by Gasteiger charge is -2.15. The normalized spacial score (nSPS) is 13.1. The van der Waals surface area contributed by atoms with E-state index in [1.807, 2.05) is 0 Å². The number of carboxylic acids is 2. The second-order valence-corrected chi connectivity index (χ2v) is 12.5. The highest BCUT2D eigenvalue weighted by Gasteiger charge is 2.24. The Labute approximate surface area is 218 Å². The molecule has 2 unspecified atom stereocenters. The fourth-order valence-electron chi connectivity index (χ4n) is 4.19. The van der Waals surface area contributed by atoms with Crippen molar-refractivity contribution in [2.45, 2.75) is 166 Å². The summed E-state index contributed by atoms with van der Waals surface area (Å²) in [5, 5.41) is 18.1. The maximum absolute atomic E-state index is 11.6. The van der Waals surface area contributed by atoms with Gasteiger partial charge in [0.05, 0.1) is 0 Å². The molecular weight excluding hydrogens is 464 g/mol. The molecule has 0 aliphatic carbocycles. The maximum atomic E-state index is 11.6. The summed E-state index contributed by atoms with van der Waals surface area (Å²) in [5.41, 5.74) is 0. The first kappa shape index (κ1) is 33.6. The van der Waals surface area contributed by atoms with Crippen LogP contribution in [0.1, 0.15) is 155 Å². The molecule has 0 rings (SSSR count). The Hall–Kier alpha value is -0.360. The third-order valence-corrected chi connectivity index (χ3v) is 9.66. The zero-order chi connectivity index (χ0) is 25.3. The van der Waals surface area contributed by atoms with Crippen LogP contribution in [0.25, 0.3) is 0 Å². The van der Waals surface area contributed by atoms with Gasteiger partial charge in [0.15, 0.2) is 0 Å². The first-order chi connectivity index (χ1) is 16.5. The van der Waals surface area contributed by atoms with E-state index in [1.165, 1.54) is 124 Å². The Balaban J connectivity index is 3.89. The van der Waals surface area contributed by atoms with Crippen LogP contribution in [0.3, 0.4) is 0 Å². The summed E-state index contributed by atoms with van der Waals surface area (Å²) in [6.07, 6.45) is 25.9. The molecule has 0 aliphatic heterocycles. The number of carboxylic acid groups (broad SMARTS) is 2. The Bertz CT molecular complexity index is 431. The Morgan fingerprint density at radius 3 is 0.941 bits per heavy atom. The van der Waals surface area contributed by atoms with Gasteiger partial charge in [-0.3, -0.25) is 9.59 Å². The van der Waals surface area contributed by atoms with E-state index in [1.54, 1.807) is 0 Å². The number of rotatable bonds is 27. The summed E-state index contributed by atoms with van der Waals surface area (Å²) in [6.45, 7) is 4.48. The van der Waals surface area contributed by atoms with E-state index < -0.39 is 22.4 Å². The first-order valence-corrected chi connectivity index (χ1v) is 16.6. The van der Waals surface area contributed by atoms with Crippen LogP contribution in [-0.4, -0.2) is 32.7 Å². The van der Waals surface area contributed by atoms with E-state index in [-0.39, 0.29) is 0 Å². The summed E-state index contributed by atoms with van der Waals surface area (Å²) in [6, 6.07) is 0. The zero-order valence-electron chi connectivity index (χ0n) is 22.2. The van der Waals surface area contributed by atoms with Crippen LogP contribution in [0.4, 0.5) is 0 Å². The van der Waals surface area contributed by atoms with Gasteiger partial charge in [0.1, 0.15) is 10.5 Å². The molecule has 0 spiro atoms. The predicted molar refractivity (Wildman–Crippen MR) is 151 cm³/mol. The Kier molecular flexibility index (Phi) is 25.5. The summed E-state index contributed by atoms with van der Waals surface area (Å²) < 4.78 is 0. The van der Waals surface area contributed by atoms with Gasteiger partial charge in [-0.05, 0) is 12.8 Å². The standard InChI is InChI=1S/C28H54O4S2/c1-3-5-7-9-11-13-15-17-19-21-23-25(27(29)30)33-34-26(28(31)32)24-22-20-18-16-14-12-10-8-6-4-2/h25-26H,3-24H2,1-2H3,(H,29,30)(H,31,32). The van der Waals surface area contributed by atoms with Gasteiger partial charge in [-0.2, -0.15) is 0 Å². The van der Waals surface area contributed by atoms with Crippen molar-refractivity contribution in [3.05, 3.63) is 0 Å². The van der Waals surface area contributed by atoms with Crippen molar-refractivity contribution in [3.63, 3.8) is 0 Å². The summed E-state index contributed by atoms with van der Waals surface area (Å²) in [7, 11) is 2.53. The molecule has 0 amide bonds. The predicted octanol–water partition coefficient (Wildman–Crippen LogP) is 9.90.